The number of benzene rings is 3. The summed E-state index contributed by atoms with van der Waals surface area (Å²) in [6, 6.07) is 17.5. The van der Waals surface area contributed by atoms with E-state index in [9.17, 15) is 31.2 Å². The van der Waals surface area contributed by atoms with Crippen molar-refractivity contribution in [2.75, 3.05) is 25.2 Å². The topological polar surface area (TPSA) is 126 Å². The van der Waals surface area contributed by atoms with Crippen molar-refractivity contribution in [3.63, 3.8) is 0 Å². The molecule has 4 aromatic rings. The number of halogens is 3. The fraction of sp³-hybridized carbons (Fsp3) is 0.214. The Morgan fingerprint density at radius 2 is 1.67 bits per heavy atom. The summed E-state index contributed by atoms with van der Waals surface area (Å²) in [6.45, 7) is 1.82. The SMILES string of the molecule is Cc1cccc(-n2c(CNC(=O)c3ccc(S(=O)(=O)N(C)C)cc3)nnc2SCC(=O)Nc2ccccc2C(F)(F)F)c1. The lowest BCUT2D eigenvalue weighted by Crippen LogP contribution is -2.25. The Labute approximate surface area is 250 Å². The molecule has 0 aliphatic carbocycles. The number of alkyl halides is 3. The van der Waals surface area contributed by atoms with Gasteiger partial charge in [0.2, 0.25) is 15.9 Å². The monoisotopic (exact) mass is 632 g/mol. The summed E-state index contributed by atoms with van der Waals surface area (Å²) in [5, 5.41) is 13.7. The maximum Gasteiger partial charge on any atom is 0.418 e. The number of carbonyl (C=O) groups is 2. The third-order valence-corrected chi connectivity index (χ3v) is 8.86. The van der Waals surface area contributed by atoms with Crippen LogP contribution in [-0.4, -0.2) is 59.2 Å². The van der Waals surface area contributed by atoms with Crippen LogP contribution in [0.25, 0.3) is 5.69 Å². The van der Waals surface area contributed by atoms with Gasteiger partial charge < -0.3 is 10.6 Å². The zero-order valence-electron chi connectivity index (χ0n) is 23.2. The normalized spacial score (nSPS) is 11.9. The van der Waals surface area contributed by atoms with E-state index in [4.69, 9.17) is 0 Å². The van der Waals surface area contributed by atoms with Gasteiger partial charge in [0.05, 0.1) is 28.4 Å². The maximum atomic E-state index is 13.3. The van der Waals surface area contributed by atoms with Crippen molar-refractivity contribution in [2.45, 2.75) is 29.7 Å². The van der Waals surface area contributed by atoms with Gasteiger partial charge in [-0.2, -0.15) is 13.2 Å². The number of sulfonamides is 1. The highest BCUT2D eigenvalue weighted by atomic mass is 32.2. The van der Waals surface area contributed by atoms with Crippen LogP contribution >= 0.6 is 11.8 Å². The molecule has 3 aromatic carbocycles. The lowest BCUT2D eigenvalue weighted by molar-refractivity contribution is -0.137. The summed E-state index contributed by atoms with van der Waals surface area (Å²) >= 11 is 0.969. The Balaban J connectivity index is 1.50. The Morgan fingerprint density at radius 3 is 2.33 bits per heavy atom. The first kappa shape index (κ1) is 31.7. The molecule has 10 nitrogen and oxygen atoms in total. The maximum absolute atomic E-state index is 13.3. The summed E-state index contributed by atoms with van der Waals surface area (Å²) in [6.07, 6.45) is -4.63. The molecule has 0 aliphatic heterocycles. The van der Waals surface area contributed by atoms with Crippen molar-refractivity contribution in [3.8, 4) is 5.69 Å². The minimum atomic E-state index is -4.63. The van der Waals surface area contributed by atoms with E-state index >= 15 is 0 Å². The van der Waals surface area contributed by atoms with Crippen molar-refractivity contribution in [1.82, 2.24) is 24.4 Å². The second-order valence-corrected chi connectivity index (χ2v) is 12.5. The molecule has 1 aromatic heterocycles. The molecule has 226 valence electrons. The van der Waals surface area contributed by atoms with Crippen molar-refractivity contribution in [3.05, 3.63) is 95.3 Å². The summed E-state index contributed by atoms with van der Waals surface area (Å²) in [4.78, 5) is 25.5. The third-order valence-electron chi connectivity index (χ3n) is 6.10. The minimum Gasteiger partial charge on any atom is -0.345 e. The lowest BCUT2D eigenvalue weighted by atomic mass is 10.1. The smallest absolute Gasteiger partial charge is 0.345 e. The highest BCUT2D eigenvalue weighted by Gasteiger charge is 2.33. The molecule has 0 fully saturated rings. The standard InChI is InChI=1S/C28H27F3N6O4S2/c1-18-7-6-8-20(15-18)37-24(16-32-26(39)19-11-13-21(14-12-19)43(40,41)36(2)3)34-35-27(37)42-17-25(38)33-23-10-5-4-9-22(23)28(29,30)31/h4-15H,16-17H2,1-3H3,(H,32,39)(H,33,38). The fourth-order valence-electron chi connectivity index (χ4n) is 3.94. The molecule has 0 atom stereocenters. The molecule has 0 aliphatic rings. The first-order valence-electron chi connectivity index (χ1n) is 12.7. The molecule has 0 unspecified atom stereocenters. The number of aryl methyl sites for hydroxylation is 1. The van der Waals surface area contributed by atoms with Crippen LogP contribution in [0.3, 0.4) is 0 Å². The molecule has 15 heteroatoms. The number of nitrogens with one attached hydrogen (secondary N) is 2. The molecule has 2 N–H and O–H groups in total. The highest BCUT2D eigenvalue weighted by Crippen LogP contribution is 2.34. The Morgan fingerprint density at radius 1 is 0.977 bits per heavy atom. The molecule has 0 spiro atoms. The number of hydrogen-bond acceptors (Lipinski definition) is 7. The predicted molar refractivity (Wildman–Crippen MR) is 155 cm³/mol. The molecular weight excluding hydrogens is 605 g/mol. The Kier molecular flexibility index (Phi) is 9.57. The van der Waals surface area contributed by atoms with Crippen LogP contribution < -0.4 is 10.6 Å². The first-order valence-corrected chi connectivity index (χ1v) is 15.1. The van der Waals surface area contributed by atoms with Crippen LogP contribution in [0.5, 0.6) is 0 Å². The number of thioether (sulfide) groups is 1. The molecule has 0 radical (unpaired) electrons. The van der Waals surface area contributed by atoms with E-state index in [1.807, 2.05) is 25.1 Å². The molecule has 0 saturated carbocycles. The first-order chi connectivity index (χ1) is 20.3. The van der Waals surface area contributed by atoms with E-state index in [1.54, 1.807) is 10.6 Å². The van der Waals surface area contributed by atoms with Crippen LogP contribution in [0.15, 0.2) is 82.8 Å². The van der Waals surface area contributed by atoms with Gasteiger partial charge in [0, 0.05) is 25.3 Å². The summed E-state index contributed by atoms with van der Waals surface area (Å²) in [5.41, 5.74) is 0.494. The van der Waals surface area contributed by atoms with Crippen molar-refractivity contribution in [1.29, 1.82) is 0 Å². The van der Waals surface area contributed by atoms with Gasteiger partial charge in [-0.1, -0.05) is 36.0 Å². The Bertz CT molecular complexity index is 1740. The van der Waals surface area contributed by atoms with Crippen LogP contribution in [0.4, 0.5) is 18.9 Å². The minimum absolute atomic E-state index is 0.0424. The Hall–Kier alpha value is -4.21. The van der Waals surface area contributed by atoms with E-state index in [0.29, 0.717) is 11.5 Å². The van der Waals surface area contributed by atoms with Gasteiger partial charge >= 0.3 is 6.18 Å². The van der Waals surface area contributed by atoms with Crippen LogP contribution in [0.2, 0.25) is 0 Å². The third kappa shape index (κ3) is 7.60. The molecular formula is C28H27F3N6O4S2. The molecule has 0 bridgehead atoms. The zero-order chi connectivity index (χ0) is 31.4. The quantitative estimate of drug-likeness (QED) is 0.247. The predicted octanol–water partition coefficient (Wildman–Crippen LogP) is 4.51. The zero-order valence-corrected chi connectivity index (χ0v) is 24.8. The van der Waals surface area contributed by atoms with Gasteiger partial charge in [-0.15, -0.1) is 10.2 Å². The number of rotatable bonds is 10. The molecule has 1 heterocycles. The van der Waals surface area contributed by atoms with Crippen molar-refractivity contribution >= 4 is 39.3 Å². The molecule has 2 amide bonds. The summed E-state index contributed by atoms with van der Waals surface area (Å²) in [7, 11) is -0.833. The average molecular weight is 633 g/mol. The van der Waals surface area contributed by atoms with E-state index in [1.165, 1.54) is 56.6 Å². The number of hydrogen-bond donors (Lipinski definition) is 2. The second-order valence-electron chi connectivity index (χ2n) is 9.45. The van der Waals surface area contributed by atoms with Gasteiger partial charge in [-0.25, -0.2) is 12.7 Å². The van der Waals surface area contributed by atoms with E-state index in [-0.39, 0.29) is 33.6 Å². The van der Waals surface area contributed by atoms with Gasteiger partial charge in [-0.3, -0.25) is 14.2 Å². The number of nitrogens with zero attached hydrogens (tertiary/aromatic N) is 4. The van der Waals surface area contributed by atoms with Crippen molar-refractivity contribution in [2.24, 2.45) is 0 Å². The largest absolute Gasteiger partial charge is 0.418 e. The average Bonchev–Trinajstić information content (AvgIpc) is 3.37. The van der Waals surface area contributed by atoms with Crippen LogP contribution in [-0.2, 0) is 27.5 Å². The molecule has 0 saturated heterocycles. The number of carbonyl (C=O) groups excluding carboxylic acids is 2. The molecule has 43 heavy (non-hydrogen) atoms. The van der Waals surface area contributed by atoms with Gasteiger partial charge in [0.15, 0.2) is 11.0 Å². The van der Waals surface area contributed by atoms with Crippen LogP contribution in [0, 0.1) is 6.92 Å². The van der Waals surface area contributed by atoms with Crippen LogP contribution in [0.1, 0.15) is 27.3 Å². The number of anilines is 1. The summed E-state index contributed by atoms with van der Waals surface area (Å²) < 4.78 is 67.3. The number of aromatic nitrogens is 3. The fourth-order valence-corrected chi connectivity index (χ4v) is 5.61. The van der Waals surface area contributed by atoms with E-state index in [2.05, 4.69) is 20.8 Å². The second kappa shape index (κ2) is 13.0. The van der Waals surface area contributed by atoms with E-state index in [0.717, 1.165) is 27.7 Å². The van der Waals surface area contributed by atoms with Gasteiger partial charge in [-0.05, 0) is 61.0 Å². The lowest BCUT2D eigenvalue weighted by Gasteiger charge is -2.14. The van der Waals surface area contributed by atoms with Crippen molar-refractivity contribution < 1.29 is 31.2 Å². The van der Waals surface area contributed by atoms with Gasteiger partial charge in [0.1, 0.15) is 0 Å². The number of para-hydroxylation sites is 1. The highest BCUT2D eigenvalue weighted by molar-refractivity contribution is 7.99. The number of amides is 2. The van der Waals surface area contributed by atoms with Gasteiger partial charge in [0.25, 0.3) is 5.91 Å². The van der Waals surface area contributed by atoms with E-state index < -0.39 is 33.6 Å². The summed E-state index contributed by atoms with van der Waals surface area (Å²) in [5.74, 6) is -1.08. The molecule has 4 rings (SSSR count).